The Morgan fingerprint density at radius 1 is 1.89 bits per heavy atom. The second-order valence-corrected chi connectivity index (χ2v) is 2.15. The van der Waals surface area contributed by atoms with Crippen molar-refractivity contribution in [3.63, 3.8) is 0 Å². The SMILES string of the molecule is O=C(O)C1CNC(=S)N1. The zero-order chi connectivity index (χ0) is 6.85. The molecule has 0 radical (unpaired) electrons. The predicted octanol–water partition coefficient (Wildman–Crippen LogP) is -1.08. The van der Waals surface area contributed by atoms with Crippen LogP contribution in [0, 0.1) is 0 Å². The minimum atomic E-state index is -0.873. The number of carbonyl (C=O) groups is 1. The fourth-order valence-corrected chi connectivity index (χ4v) is 0.830. The van der Waals surface area contributed by atoms with Crippen molar-refractivity contribution < 1.29 is 9.90 Å². The van der Waals surface area contributed by atoms with E-state index >= 15 is 0 Å². The van der Waals surface area contributed by atoms with Crippen molar-refractivity contribution in [2.75, 3.05) is 6.54 Å². The largest absolute Gasteiger partial charge is 0.480 e. The van der Waals surface area contributed by atoms with Gasteiger partial charge in [-0.2, -0.15) is 0 Å². The minimum Gasteiger partial charge on any atom is -0.480 e. The number of nitrogens with one attached hydrogen (secondary N) is 2. The van der Waals surface area contributed by atoms with Crippen molar-refractivity contribution in [2.24, 2.45) is 0 Å². The van der Waals surface area contributed by atoms with E-state index in [0.29, 0.717) is 11.7 Å². The van der Waals surface area contributed by atoms with Crippen molar-refractivity contribution in [2.45, 2.75) is 6.04 Å². The van der Waals surface area contributed by atoms with Gasteiger partial charge in [-0.3, -0.25) is 0 Å². The first kappa shape index (κ1) is 6.28. The Bertz CT molecular complexity index is 159. The van der Waals surface area contributed by atoms with E-state index in [4.69, 9.17) is 5.11 Å². The van der Waals surface area contributed by atoms with Gasteiger partial charge in [0.25, 0.3) is 0 Å². The summed E-state index contributed by atoms with van der Waals surface area (Å²) in [5.74, 6) is -0.873. The van der Waals surface area contributed by atoms with Crippen LogP contribution >= 0.6 is 12.2 Å². The highest BCUT2D eigenvalue weighted by Gasteiger charge is 2.23. The summed E-state index contributed by atoms with van der Waals surface area (Å²) in [5.41, 5.74) is 0. The van der Waals surface area contributed by atoms with Gasteiger partial charge in [0, 0.05) is 6.54 Å². The van der Waals surface area contributed by atoms with E-state index in [2.05, 4.69) is 22.9 Å². The standard InChI is InChI=1S/C4H6N2O2S/c7-3(8)2-1-5-4(9)6-2/h2H,1H2,(H,7,8)(H2,5,6,9). The van der Waals surface area contributed by atoms with Gasteiger partial charge in [-0.25, -0.2) is 4.79 Å². The van der Waals surface area contributed by atoms with Gasteiger partial charge < -0.3 is 15.7 Å². The number of aliphatic carboxylic acids is 1. The lowest BCUT2D eigenvalue weighted by Crippen LogP contribution is -2.33. The Balaban J connectivity index is 2.48. The van der Waals surface area contributed by atoms with Crippen LogP contribution in [0.4, 0.5) is 0 Å². The van der Waals surface area contributed by atoms with E-state index in [1.54, 1.807) is 0 Å². The van der Waals surface area contributed by atoms with Crippen molar-refractivity contribution in [1.82, 2.24) is 10.6 Å². The van der Waals surface area contributed by atoms with Crippen LogP contribution in [0.15, 0.2) is 0 Å². The van der Waals surface area contributed by atoms with Crippen LogP contribution in [0.1, 0.15) is 0 Å². The highest BCUT2D eigenvalue weighted by Crippen LogP contribution is 1.88. The molecule has 1 atom stereocenters. The summed E-state index contributed by atoms with van der Waals surface area (Å²) in [4.78, 5) is 10.2. The molecule has 0 bridgehead atoms. The summed E-state index contributed by atoms with van der Waals surface area (Å²) >= 11 is 4.63. The summed E-state index contributed by atoms with van der Waals surface area (Å²) in [5, 5.41) is 14.1. The summed E-state index contributed by atoms with van der Waals surface area (Å²) < 4.78 is 0. The van der Waals surface area contributed by atoms with E-state index in [1.165, 1.54) is 0 Å². The molecule has 4 nitrogen and oxygen atoms in total. The maximum absolute atomic E-state index is 10.2. The fraction of sp³-hybridized carbons (Fsp3) is 0.500. The van der Waals surface area contributed by atoms with Crippen LogP contribution in [0.5, 0.6) is 0 Å². The summed E-state index contributed by atoms with van der Waals surface area (Å²) in [6, 6.07) is -0.544. The molecule has 0 aromatic heterocycles. The fourth-order valence-electron chi connectivity index (χ4n) is 0.604. The number of carboxylic acid groups (broad SMARTS) is 1. The van der Waals surface area contributed by atoms with Gasteiger partial charge in [-0.1, -0.05) is 0 Å². The summed E-state index contributed by atoms with van der Waals surface area (Å²) in [7, 11) is 0. The van der Waals surface area contributed by atoms with Gasteiger partial charge in [0.1, 0.15) is 6.04 Å². The lowest BCUT2D eigenvalue weighted by Gasteiger charge is -1.98. The van der Waals surface area contributed by atoms with E-state index in [0.717, 1.165) is 0 Å². The lowest BCUT2D eigenvalue weighted by molar-refractivity contribution is -0.138. The minimum absolute atomic E-state index is 0.383. The first-order valence-electron chi connectivity index (χ1n) is 2.47. The Labute approximate surface area is 57.2 Å². The maximum Gasteiger partial charge on any atom is 0.328 e. The van der Waals surface area contributed by atoms with E-state index in [-0.39, 0.29) is 0 Å². The molecule has 5 heteroatoms. The van der Waals surface area contributed by atoms with Crippen molar-refractivity contribution >= 4 is 23.3 Å². The molecule has 0 spiro atoms. The molecule has 1 saturated heterocycles. The van der Waals surface area contributed by atoms with Crippen molar-refractivity contribution in [3.05, 3.63) is 0 Å². The van der Waals surface area contributed by atoms with Crippen molar-refractivity contribution in [1.29, 1.82) is 0 Å². The van der Waals surface area contributed by atoms with Gasteiger partial charge >= 0.3 is 5.97 Å². The number of thiocarbonyl (C=S) groups is 1. The first-order chi connectivity index (χ1) is 4.20. The molecule has 0 aliphatic carbocycles. The Hall–Kier alpha value is -0.840. The molecule has 0 saturated carbocycles. The van der Waals surface area contributed by atoms with Gasteiger partial charge in [0.05, 0.1) is 0 Å². The monoisotopic (exact) mass is 146 g/mol. The molecule has 0 amide bonds. The zero-order valence-electron chi connectivity index (χ0n) is 4.55. The molecule has 1 aliphatic heterocycles. The topological polar surface area (TPSA) is 61.4 Å². The zero-order valence-corrected chi connectivity index (χ0v) is 5.36. The quantitative estimate of drug-likeness (QED) is 0.411. The third kappa shape index (κ3) is 1.29. The van der Waals surface area contributed by atoms with Gasteiger partial charge in [0.15, 0.2) is 5.11 Å². The van der Waals surface area contributed by atoms with Crippen LogP contribution in [-0.2, 0) is 4.79 Å². The Morgan fingerprint density at radius 3 is 2.78 bits per heavy atom. The molecule has 1 unspecified atom stereocenters. The van der Waals surface area contributed by atoms with Crippen molar-refractivity contribution in [3.8, 4) is 0 Å². The number of rotatable bonds is 1. The molecule has 50 valence electrons. The molecule has 0 aromatic carbocycles. The third-order valence-electron chi connectivity index (χ3n) is 1.07. The third-order valence-corrected chi connectivity index (χ3v) is 1.33. The number of carboxylic acids is 1. The Morgan fingerprint density at radius 2 is 2.56 bits per heavy atom. The lowest BCUT2D eigenvalue weighted by atomic mass is 10.3. The number of hydrogen-bond acceptors (Lipinski definition) is 2. The normalized spacial score (nSPS) is 24.9. The van der Waals surface area contributed by atoms with Crippen LogP contribution in [0.25, 0.3) is 0 Å². The smallest absolute Gasteiger partial charge is 0.328 e. The number of hydrogen-bond donors (Lipinski definition) is 3. The average Bonchev–Trinajstić information content (AvgIpc) is 2.14. The van der Waals surface area contributed by atoms with Crippen LogP contribution in [0.3, 0.4) is 0 Å². The molecule has 9 heavy (non-hydrogen) atoms. The molecule has 1 rings (SSSR count). The van der Waals surface area contributed by atoms with Gasteiger partial charge in [-0.15, -0.1) is 0 Å². The molecule has 1 fully saturated rings. The molecular weight excluding hydrogens is 140 g/mol. The molecule has 1 heterocycles. The summed E-state index contributed by atoms with van der Waals surface area (Å²) in [6.07, 6.45) is 0. The molecule has 1 aliphatic rings. The molecule has 3 N–H and O–H groups in total. The molecule has 0 aromatic rings. The average molecular weight is 146 g/mol. The van der Waals surface area contributed by atoms with E-state index < -0.39 is 12.0 Å². The maximum atomic E-state index is 10.2. The van der Waals surface area contributed by atoms with Gasteiger partial charge in [-0.05, 0) is 12.2 Å². The van der Waals surface area contributed by atoms with Crippen LogP contribution in [-0.4, -0.2) is 28.8 Å². The first-order valence-corrected chi connectivity index (χ1v) is 2.88. The van der Waals surface area contributed by atoms with Gasteiger partial charge in [0.2, 0.25) is 0 Å². The Kier molecular flexibility index (Phi) is 1.52. The van der Waals surface area contributed by atoms with Crippen LogP contribution in [0.2, 0.25) is 0 Å². The highest BCUT2D eigenvalue weighted by atomic mass is 32.1. The van der Waals surface area contributed by atoms with E-state index in [1.807, 2.05) is 0 Å². The highest BCUT2D eigenvalue weighted by molar-refractivity contribution is 7.80. The summed E-state index contributed by atoms with van der Waals surface area (Å²) in [6.45, 7) is 0.383. The predicted molar refractivity (Wildman–Crippen MR) is 35.2 cm³/mol. The molecular formula is C4H6N2O2S. The van der Waals surface area contributed by atoms with Crippen LogP contribution < -0.4 is 10.6 Å². The second-order valence-electron chi connectivity index (χ2n) is 1.75. The van der Waals surface area contributed by atoms with E-state index in [9.17, 15) is 4.79 Å². The second kappa shape index (κ2) is 2.18.